The van der Waals surface area contributed by atoms with E-state index in [-0.39, 0.29) is 0 Å². The molecule has 3 nitrogen and oxygen atoms in total. The first-order chi connectivity index (χ1) is 3.35. The molecule has 0 saturated heterocycles. The summed E-state index contributed by atoms with van der Waals surface area (Å²) in [7, 11) is 0. The first kappa shape index (κ1) is 5.47. The Labute approximate surface area is 41.2 Å². The van der Waals surface area contributed by atoms with Gasteiger partial charge in [0.15, 0.2) is 12.1 Å². The van der Waals surface area contributed by atoms with Gasteiger partial charge in [0.25, 0.3) is 0 Å². The Bertz CT molecular complexity index is 130. The van der Waals surface area contributed by atoms with Crippen LogP contribution in [-0.2, 0) is 0 Å². The summed E-state index contributed by atoms with van der Waals surface area (Å²) in [6.45, 7) is 6.14. The molecule has 0 saturated carbocycles. The van der Waals surface area contributed by atoms with Gasteiger partial charge in [-0.15, -0.1) is 0 Å². The Morgan fingerprint density at radius 3 is 1.86 bits per heavy atom. The molecule has 0 aromatic heterocycles. The van der Waals surface area contributed by atoms with Crippen LogP contribution in [0.2, 0.25) is 0 Å². The van der Waals surface area contributed by atoms with Gasteiger partial charge in [-0.2, -0.15) is 10.5 Å². The van der Waals surface area contributed by atoms with Crippen LogP contribution in [0.25, 0.3) is 4.85 Å². The van der Waals surface area contributed by atoms with Gasteiger partial charge in [-0.1, -0.05) is 0 Å². The van der Waals surface area contributed by atoms with Crippen LogP contribution in [0.1, 0.15) is 0 Å². The van der Waals surface area contributed by atoms with Gasteiger partial charge < -0.3 is 0 Å². The number of rotatable bonds is 0. The largest absolute Gasteiger partial charge is 0.390 e. The highest BCUT2D eigenvalue weighted by Crippen LogP contribution is 1.80. The third kappa shape index (κ3) is 1.36. The van der Waals surface area contributed by atoms with Crippen molar-refractivity contribution in [3.63, 3.8) is 0 Å². The molecule has 0 amide bonds. The summed E-state index contributed by atoms with van der Waals surface area (Å²) in [6.07, 6.45) is 0. The van der Waals surface area contributed by atoms with Crippen molar-refractivity contribution in [1.29, 1.82) is 10.5 Å². The zero-order chi connectivity index (χ0) is 5.70. The van der Waals surface area contributed by atoms with E-state index < -0.39 is 6.04 Å². The van der Waals surface area contributed by atoms with Crippen molar-refractivity contribution in [2.45, 2.75) is 6.04 Å². The molecule has 0 bridgehead atoms. The third-order valence-corrected chi connectivity index (χ3v) is 0.374. The highest BCUT2D eigenvalue weighted by molar-refractivity contribution is 5.12. The van der Waals surface area contributed by atoms with E-state index in [1.807, 2.05) is 0 Å². The van der Waals surface area contributed by atoms with Gasteiger partial charge in [0, 0.05) is 0 Å². The van der Waals surface area contributed by atoms with Gasteiger partial charge in [-0.25, -0.2) is 6.57 Å². The minimum atomic E-state index is -1.11. The molecule has 0 unspecified atom stereocenters. The van der Waals surface area contributed by atoms with Crippen molar-refractivity contribution in [3.05, 3.63) is 11.4 Å². The molecule has 0 fully saturated rings. The van der Waals surface area contributed by atoms with Crippen molar-refractivity contribution >= 4 is 0 Å². The average molecular weight is 91.1 g/mol. The Hall–Kier alpha value is -1.53. The van der Waals surface area contributed by atoms with Crippen molar-refractivity contribution in [3.8, 4) is 12.1 Å². The zero-order valence-electron chi connectivity index (χ0n) is 3.42. The molecule has 0 aliphatic carbocycles. The van der Waals surface area contributed by atoms with E-state index in [0.29, 0.717) is 0 Å². The Morgan fingerprint density at radius 1 is 1.43 bits per heavy atom. The van der Waals surface area contributed by atoms with E-state index in [4.69, 9.17) is 17.1 Å². The second-order valence-electron chi connectivity index (χ2n) is 0.790. The summed E-state index contributed by atoms with van der Waals surface area (Å²) in [6, 6.07) is 1.86. The van der Waals surface area contributed by atoms with Crippen LogP contribution in [-0.4, -0.2) is 6.04 Å². The molecule has 0 aliphatic rings. The fraction of sp³-hybridized carbons (Fsp3) is 0.250. The molecule has 3 heteroatoms. The van der Waals surface area contributed by atoms with Crippen molar-refractivity contribution in [2.75, 3.05) is 0 Å². The lowest BCUT2D eigenvalue weighted by Crippen LogP contribution is -1.88. The molecule has 0 N–H and O–H groups in total. The predicted octanol–water partition coefficient (Wildman–Crippen LogP) is 0.321. The summed E-state index contributed by atoms with van der Waals surface area (Å²) in [5, 5.41) is 15.7. The normalized spacial score (nSPS) is 6.00. The van der Waals surface area contributed by atoms with Gasteiger partial charge >= 0.3 is 6.04 Å². The summed E-state index contributed by atoms with van der Waals surface area (Å²) in [4.78, 5) is 2.65. The Kier molecular flexibility index (Phi) is 2.10. The number of nitriles is 2. The van der Waals surface area contributed by atoms with Crippen molar-refractivity contribution in [1.82, 2.24) is 0 Å². The van der Waals surface area contributed by atoms with Crippen LogP contribution in [0, 0.1) is 29.2 Å². The average Bonchev–Trinajstić information content (AvgIpc) is 1.72. The maximum absolute atomic E-state index is 7.84. The van der Waals surface area contributed by atoms with Crippen LogP contribution in [0.5, 0.6) is 0 Å². The van der Waals surface area contributed by atoms with Crippen LogP contribution in [0.15, 0.2) is 0 Å². The van der Waals surface area contributed by atoms with Crippen molar-refractivity contribution < 1.29 is 0 Å². The summed E-state index contributed by atoms with van der Waals surface area (Å²) in [5.41, 5.74) is 0. The van der Waals surface area contributed by atoms with Gasteiger partial charge in [0.05, 0.1) is 0 Å². The molecule has 7 heavy (non-hydrogen) atoms. The molecule has 0 heterocycles. The second kappa shape index (κ2) is 2.69. The van der Waals surface area contributed by atoms with E-state index in [9.17, 15) is 0 Å². The minimum Gasteiger partial charge on any atom is -0.281 e. The topological polar surface area (TPSA) is 51.9 Å². The number of hydrogen-bond acceptors (Lipinski definition) is 2. The fourth-order valence-electron chi connectivity index (χ4n) is 0.0866. The third-order valence-electron chi connectivity index (χ3n) is 0.374. The smallest absolute Gasteiger partial charge is 0.281 e. The molecule has 0 aliphatic heterocycles. The quantitative estimate of drug-likeness (QED) is 0.403. The molecule has 0 radical (unpaired) electrons. The SMILES string of the molecule is [C-]#[N+]C(C#N)C#N. The highest BCUT2D eigenvalue weighted by atomic mass is 14.7. The lowest BCUT2D eigenvalue weighted by atomic mass is 10.4. The van der Waals surface area contributed by atoms with Crippen LogP contribution >= 0.6 is 0 Å². The molecule has 0 aromatic carbocycles. The van der Waals surface area contributed by atoms with E-state index in [2.05, 4.69) is 4.85 Å². The molecule has 0 spiro atoms. The lowest BCUT2D eigenvalue weighted by Gasteiger charge is -1.68. The molecular formula is C4HN3. The molecule has 0 rings (SSSR count). The summed E-state index contributed by atoms with van der Waals surface area (Å²) in [5.74, 6) is 0. The maximum atomic E-state index is 7.84. The van der Waals surface area contributed by atoms with Gasteiger partial charge in [0.1, 0.15) is 0 Å². The standard InChI is InChI=1S/C4HN3/c1-7-4(2-5)3-6/h4H. The van der Waals surface area contributed by atoms with Crippen molar-refractivity contribution in [2.24, 2.45) is 0 Å². The number of hydrogen-bond donors (Lipinski definition) is 0. The van der Waals surface area contributed by atoms with Gasteiger partial charge in [-0.05, 0) is 0 Å². The Morgan fingerprint density at radius 2 is 1.86 bits per heavy atom. The lowest BCUT2D eigenvalue weighted by molar-refractivity contribution is 1.22. The van der Waals surface area contributed by atoms with Crippen LogP contribution < -0.4 is 0 Å². The molecule has 0 aromatic rings. The zero-order valence-corrected chi connectivity index (χ0v) is 3.42. The first-order valence-electron chi connectivity index (χ1n) is 1.51. The monoisotopic (exact) mass is 91.0 g/mol. The maximum Gasteiger partial charge on any atom is 0.390 e. The van der Waals surface area contributed by atoms with E-state index in [0.717, 1.165) is 0 Å². The van der Waals surface area contributed by atoms with E-state index in [1.54, 1.807) is 0 Å². The van der Waals surface area contributed by atoms with Gasteiger partial charge in [-0.3, -0.25) is 4.85 Å². The summed E-state index contributed by atoms with van der Waals surface area (Å²) >= 11 is 0. The van der Waals surface area contributed by atoms with Gasteiger partial charge in [0.2, 0.25) is 0 Å². The fourth-order valence-corrected chi connectivity index (χ4v) is 0.0866. The minimum absolute atomic E-state index is 1.11. The van der Waals surface area contributed by atoms with Crippen LogP contribution in [0.4, 0.5) is 0 Å². The van der Waals surface area contributed by atoms with E-state index in [1.165, 1.54) is 12.1 Å². The molecular weight excluding hydrogens is 90.1 g/mol. The molecule has 0 atom stereocenters. The first-order valence-corrected chi connectivity index (χ1v) is 1.51. The van der Waals surface area contributed by atoms with E-state index >= 15 is 0 Å². The number of nitrogens with zero attached hydrogens (tertiary/aromatic N) is 3. The summed E-state index contributed by atoms with van der Waals surface area (Å²) < 4.78 is 0. The second-order valence-corrected chi connectivity index (χ2v) is 0.790. The van der Waals surface area contributed by atoms with Crippen LogP contribution in [0.3, 0.4) is 0 Å². The highest BCUT2D eigenvalue weighted by Gasteiger charge is 2.03. The molecule has 32 valence electrons. The Balaban J connectivity index is 3.82. The predicted molar refractivity (Wildman–Crippen MR) is 21.6 cm³/mol.